The van der Waals surface area contributed by atoms with Crippen LogP contribution in [-0.4, -0.2) is 83.5 Å². The van der Waals surface area contributed by atoms with Crippen molar-refractivity contribution in [1.29, 1.82) is 0 Å². The first kappa shape index (κ1) is 23.1. The van der Waals surface area contributed by atoms with Gasteiger partial charge in [0.05, 0.1) is 5.69 Å². The predicted molar refractivity (Wildman–Crippen MR) is 135 cm³/mol. The molecule has 2 aliphatic heterocycles. The van der Waals surface area contributed by atoms with Gasteiger partial charge < -0.3 is 30.9 Å². The third-order valence-electron chi connectivity index (χ3n) is 6.45. The Kier molecular flexibility index (Phi) is 6.77. The molecule has 0 spiro atoms. The summed E-state index contributed by atoms with van der Waals surface area (Å²) < 4.78 is 5.48. The van der Waals surface area contributed by atoms with Crippen LogP contribution in [0.25, 0.3) is 11.4 Å². The quantitative estimate of drug-likeness (QED) is 0.403. The number of benzene rings is 1. The molecule has 0 aliphatic carbocycles. The van der Waals surface area contributed by atoms with Crippen LogP contribution in [0.1, 0.15) is 23.3 Å². The Morgan fingerprint density at radius 3 is 2.46 bits per heavy atom. The second kappa shape index (κ2) is 10.3. The number of nitrogens with zero attached hydrogens (tertiary/aromatic N) is 5. The van der Waals surface area contributed by atoms with E-state index in [1.165, 1.54) is 5.69 Å². The van der Waals surface area contributed by atoms with Gasteiger partial charge in [-0.2, -0.15) is 5.10 Å². The number of likely N-dealkylation sites (N-methyl/N-ethyl adjacent to an activating group) is 1. The lowest BCUT2D eigenvalue weighted by Crippen LogP contribution is -2.44. The van der Waals surface area contributed by atoms with Crippen LogP contribution in [-0.2, 0) is 4.74 Å². The van der Waals surface area contributed by atoms with Crippen molar-refractivity contribution in [2.24, 2.45) is 5.73 Å². The van der Waals surface area contributed by atoms with E-state index in [-0.39, 0.29) is 11.7 Å². The highest BCUT2D eigenvalue weighted by molar-refractivity contribution is 5.97. The number of aromatic amines is 1. The van der Waals surface area contributed by atoms with Gasteiger partial charge >= 0.3 is 0 Å². The van der Waals surface area contributed by atoms with Crippen LogP contribution < -0.4 is 21.3 Å². The van der Waals surface area contributed by atoms with E-state index in [0.29, 0.717) is 36.2 Å². The first-order valence-electron chi connectivity index (χ1n) is 11.9. The Morgan fingerprint density at radius 2 is 1.80 bits per heavy atom. The molecule has 1 amide bonds. The molecular weight excluding hydrogens is 446 g/mol. The lowest BCUT2D eigenvalue weighted by molar-refractivity contribution is 0.0904. The SMILES string of the molecule is CN1CCN(c2ccc(Nc3nc(NC4CCOCC4)c(-c4ccn[nH]4)nc3C(N)=O)cc2)CC1. The summed E-state index contributed by atoms with van der Waals surface area (Å²) in [5.74, 6) is 0.206. The summed E-state index contributed by atoms with van der Waals surface area (Å²) in [6.45, 7) is 5.46. The number of aromatic nitrogens is 4. The van der Waals surface area contributed by atoms with Crippen LogP contribution in [0, 0.1) is 0 Å². The fourth-order valence-corrected chi connectivity index (χ4v) is 4.36. The first-order chi connectivity index (χ1) is 17.1. The number of hydrogen-bond donors (Lipinski definition) is 4. The first-order valence-corrected chi connectivity index (χ1v) is 11.9. The van der Waals surface area contributed by atoms with Crippen molar-refractivity contribution in [2.75, 3.05) is 62.0 Å². The highest BCUT2D eigenvalue weighted by atomic mass is 16.5. The molecule has 0 radical (unpaired) electrons. The number of nitrogens with one attached hydrogen (secondary N) is 3. The number of ether oxygens (including phenoxy) is 1. The molecule has 0 saturated carbocycles. The molecule has 0 unspecified atom stereocenters. The third-order valence-corrected chi connectivity index (χ3v) is 6.45. The maximum atomic E-state index is 12.3. The second-order valence-electron chi connectivity index (χ2n) is 8.95. The zero-order valence-corrected chi connectivity index (χ0v) is 19.8. The topological polar surface area (TPSA) is 137 Å². The van der Waals surface area contributed by atoms with Crippen molar-refractivity contribution in [3.05, 3.63) is 42.2 Å². The number of rotatable bonds is 7. The zero-order valence-electron chi connectivity index (χ0n) is 19.8. The van der Waals surface area contributed by atoms with Gasteiger partial charge in [-0.15, -0.1) is 0 Å². The Bertz CT molecular complexity index is 1140. The van der Waals surface area contributed by atoms with Gasteiger partial charge in [-0.25, -0.2) is 9.97 Å². The van der Waals surface area contributed by atoms with Gasteiger partial charge in [0.25, 0.3) is 5.91 Å². The van der Waals surface area contributed by atoms with E-state index < -0.39 is 5.91 Å². The third kappa shape index (κ3) is 5.36. The van der Waals surface area contributed by atoms with Crippen molar-refractivity contribution in [2.45, 2.75) is 18.9 Å². The van der Waals surface area contributed by atoms with Crippen LogP contribution in [0.4, 0.5) is 23.0 Å². The summed E-state index contributed by atoms with van der Waals surface area (Å²) in [6, 6.07) is 10.1. The van der Waals surface area contributed by atoms with Crippen molar-refractivity contribution in [1.82, 2.24) is 25.1 Å². The standard InChI is InChI=1S/C24H31N9O2/c1-32-10-12-33(13-11-32)18-4-2-16(3-5-18)27-24-21(22(25)34)29-20(19-6-9-26-31-19)23(30-24)28-17-7-14-35-15-8-17/h2-6,9,17H,7-8,10-15H2,1H3,(H2,25,34)(H,26,31)(H2,27,28,30). The maximum Gasteiger partial charge on any atom is 0.271 e. The fraction of sp³-hybridized carbons (Fsp3) is 0.417. The molecule has 3 aromatic rings. The molecule has 35 heavy (non-hydrogen) atoms. The summed E-state index contributed by atoms with van der Waals surface area (Å²) >= 11 is 0. The normalized spacial score (nSPS) is 17.3. The largest absolute Gasteiger partial charge is 0.381 e. The van der Waals surface area contributed by atoms with Gasteiger partial charge in [0.2, 0.25) is 0 Å². The summed E-state index contributed by atoms with van der Waals surface area (Å²) in [6.07, 6.45) is 3.35. The molecule has 5 rings (SSSR count). The predicted octanol–water partition coefficient (Wildman–Crippen LogP) is 2.05. The average molecular weight is 478 g/mol. The van der Waals surface area contributed by atoms with E-state index in [1.807, 2.05) is 12.1 Å². The number of primary amides is 1. The molecule has 2 saturated heterocycles. The Labute approximate surface area is 204 Å². The molecule has 2 fully saturated rings. The number of piperazine rings is 1. The van der Waals surface area contributed by atoms with E-state index in [4.69, 9.17) is 15.5 Å². The molecule has 184 valence electrons. The number of carbonyl (C=O) groups excluding carboxylic acids is 1. The average Bonchev–Trinajstić information content (AvgIpc) is 3.40. The van der Waals surface area contributed by atoms with Gasteiger partial charge in [-0.3, -0.25) is 9.89 Å². The summed E-state index contributed by atoms with van der Waals surface area (Å²) in [4.78, 5) is 26.4. The van der Waals surface area contributed by atoms with Crippen LogP contribution in [0.5, 0.6) is 0 Å². The zero-order chi connectivity index (χ0) is 24.2. The van der Waals surface area contributed by atoms with Crippen LogP contribution in [0.3, 0.4) is 0 Å². The molecule has 4 heterocycles. The molecule has 5 N–H and O–H groups in total. The minimum Gasteiger partial charge on any atom is -0.381 e. The van der Waals surface area contributed by atoms with Gasteiger partial charge in [0.1, 0.15) is 5.69 Å². The molecule has 11 heteroatoms. The number of anilines is 4. The Morgan fingerprint density at radius 1 is 1.06 bits per heavy atom. The van der Waals surface area contributed by atoms with E-state index in [9.17, 15) is 4.79 Å². The monoisotopic (exact) mass is 477 g/mol. The summed E-state index contributed by atoms with van der Waals surface area (Å²) in [5.41, 5.74) is 8.88. The summed E-state index contributed by atoms with van der Waals surface area (Å²) in [7, 11) is 2.14. The number of carbonyl (C=O) groups is 1. The number of hydrogen-bond acceptors (Lipinski definition) is 9. The lowest BCUT2D eigenvalue weighted by Gasteiger charge is -2.34. The van der Waals surface area contributed by atoms with Crippen molar-refractivity contribution < 1.29 is 9.53 Å². The fourth-order valence-electron chi connectivity index (χ4n) is 4.36. The van der Waals surface area contributed by atoms with E-state index in [2.05, 4.69) is 54.8 Å². The van der Waals surface area contributed by atoms with Gasteiger partial charge in [0.15, 0.2) is 17.3 Å². The summed E-state index contributed by atoms with van der Waals surface area (Å²) in [5, 5.41) is 13.7. The highest BCUT2D eigenvalue weighted by Gasteiger charge is 2.23. The van der Waals surface area contributed by atoms with E-state index in [0.717, 1.165) is 44.7 Å². The van der Waals surface area contributed by atoms with E-state index in [1.54, 1.807) is 12.3 Å². The minimum atomic E-state index is -0.660. The van der Waals surface area contributed by atoms with Crippen LogP contribution >= 0.6 is 0 Å². The number of H-pyrrole nitrogens is 1. The van der Waals surface area contributed by atoms with Crippen molar-refractivity contribution in [3.8, 4) is 11.4 Å². The van der Waals surface area contributed by atoms with Crippen LogP contribution in [0.2, 0.25) is 0 Å². The molecule has 1 aromatic carbocycles. The molecule has 0 atom stereocenters. The maximum absolute atomic E-state index is 12.3. The van der Waals surface area contributed by atoms with E-state index >= 15 is 0 Å². The molecule has 11 nitrogen and oxygen atoms in total. The Hall–Kier alpha value is -3.70. The van der Waals surface area contributed by atoms with Crippen molar-refractivity contribution in [3.63, 3.8) is 0 Å². The van der Waals surface area contributed by atoms with Gasteiger partial charge in [0, 0.05) is 63.0 Å². The highest BCUT2D eigenvalue weighted by Crippen LogP contribution is 2.30. The molecule has 2 aromatic heterocycles. The molecule has 2 aliphatic rings. The Balaban J connectivity index is 1.43. The smallest absolute Gasteiger partial charge is 0.271 e. The molecular formula is C24H31N9O2. The number of nitrogens with two attached hydrogens (primary N) is 1. The second-order valence-corrected chi connectivity index (χ2v) is 8.95. The van der Waals surface area contributed by atoms with Gasteiger partial charge in [-0.05, 0) is 50.2 Å². The molecule has 0 bridgehead atoms. The minimum absolute atomic E-state index is 0.0651. The van der Waals surface area contributed by atoms with Gasteiger partial charge in [-0.1, -0.05) is 0 Å². The lowest BCUT2D eigenvalue weighted by atomic mass is 10.1. The van der Waals surface area contributed by atoms with Crippen molar-refractivity contribution >= 4 is 28.9 Å². The van der Waals surface area contributed by atoms with Crippen LogP contribution in [0.15, 0.2) is 36.5 Å². The number of amides is 1.